The van der Waals surface area contributed by atoms with Crippen LogP contribution in [0.1, 0.15) is 36.6 Å². The van der Waals surface area contributed by atoms with Gasteiger partial charge in [0.05, 0.1) is 28.9 Å². The first-order valence-corrected chi connectivity index (χ1v) is 12.4. The SMILES string of the molecule is CCOc1ccc(-n2c(Cc3ccccc3)nnc2S[C@H](C)C(=O)Nc2c(C)nn(C)c2C)cc1. The van der Waals surface area contributed by atoms with Gasteiger partial charge < -0.3 is 10.1 Å². The lowest BCUT2D eigenvalue weighted by atomic mass is 10.1. The summed E-state index contributed by atoms with van der Waals surface area (Å²) in [6, 6.07) is 18.0. The van der Waals surface area contributed by atoms with Gasteiger partial charge in [0.15, 0.2) is 5.16 Å². The minimum Gasteiger partial charge on any atom is -0.494 e. The lowest BCUT2D eigenvalue weighted by Gasteiger charge is -2.15. The maximum absolute atomic E-state index is 13.0. The molecule has 0 aliphatic heterocycles. The molecule has 1 amide bonds. The quantitative estimate of drug-likeness (QED) is 0.342. The summed E-state index contributed by atoms with van der Waals surface area (Å²) in [7, 11) is 1.86. The number of hydrogen-bond donors (Lipinski definition) is 1. The lowest BCUT2D eigenvalue weighted by Crippen LogP contribution is -2.23. The summed E-state index contributed by atoms with van der Waals surface area (Å²) in [6.07, 6.45) is 0.621. The van der Waals surface area contributed by atoms with Crippen LogP contribution in [0.2, 0.25) is 0 Å². The Morgan fingerprint density at radius 1 is 1.09 bits per heavy atom. The van der Waals surface area contributed by atoms with E-state index in [-0.39, 0.29) is 5.91 Å². The van der Waals surface area contributed by atoms with E-state index in [1.54, 1.807) is 4.68 Å². The molecule has 0 bridgehead atoms. The molecule has 182 valence electrons. The number of benzene rings is 2. The zero-order valence-electron chi connectivity index (χ0n) is 20.6. The molecule has 9 heteroatoms. The first kappa shape index (κ1) is 24.5. The minimum absolute atomic E-state index is 0.111. The molecule has 0 saturated heterocycles. The number of nitrogens with one attached hydrogen (secondary N) is 1. The first-order chi connectivity index (χ1) is 16.9. The third kappa shape index (κ3) is 5.57. The van der Waals surface area contributed by atoms with Gasteiger partial charge in [-0.05, 0) is 57.5 Å². The molecular weight excluding hydrogens is 460 g/mol. The van der Waals surface area contributed by atoms with Gasteiger partial charge in [-0.25, -0.2) is 0 Å². The fourth-order valence-electron chi connectivity index (χ4n) is 3.78. The number of rotatable bonds is 9. The highest BCUT2D eigenvalue weighted by Gasteiger charge is 2.23. The molecule has 2 aromatic carbocycles. The Morgan fingerprint density at radius 2 is 1.80 bits per heavy atom. The number of aromatic nitrogens is 5. The van der Waals surface area contributed by atoms with Crippen LogP contribution in [0.4, 0.5) is 5.69 Å². The van der Waals surface area contributed by atoms with E-state index in [4.69, 9.17) is 4.74 Å². The van der Waals surface area contributed by atoms with Crippen LogP contribution in [-0.4, -0.2) is 42.3 Å². The van der Waals surface area contributed by atoms with Gasteiger partial charge in [0.2, 0.25) is 5.91 Å². The second kappa shape index (κ2) is 10.8. The number of ether oxygens (including phenoxy) is 1. The predicted molar refractivity (Wildman–Crippen MR) is 138 cm³/mol. The van der Waals surface area contributed by atoms with E-state index in [0.29, 0.717) is 18.2 Å². The Kier molecular flexibility index (Phi) is 7.55. The largest absolute Gasteiger partial charge is 0.494 e. The third-order valence-electron chi connectivity index (χ3n) is 5.72. The van der Waals surface area contributed by atoms with Crippen molar-refractivity contribution in [2.75, 3.05) is 11.9 Å². The molecule has 1 N–H and O–H groups in total. The van der Waals surface area contributed by atoms with E-state index in [1.807, 2.05) is 81.8 Å². The molecule has 0 fully saturated rings. The van der Waals surface area contributed by atoms with Crippen LogP contribution in [0.25, 0.3) is 5.69 Å². The summed E-state index contributed by atoms with van der Waals surface area (Å²) in [4.78, 5) is 13.0. The average Bonchev–Trinajstić information content (AvgIpc) is 3.35. The van der Waals surface area contributed by atoms with Gasteiger partial charge in [0.1, 0.15) is 11.6 Å². The summed E-state index contributed by atoms with van der Waals surface area (Å²) in [5, 5.41) is 16.6. The van der Waals surface area contributed by atoms with Crippen molar-refractivity contribution in [3.63, 3.8) is 0 Å². The number of nitrogens with zero attached hydrogens (tertiary/aromatic N) is 5. The lowest BCUT2D eigenvalue weighted by molar-refractivity contribution is -0.115. The molecule has 8 nitrogen and oxygen atoms in total. The molecule has 2 heterocycles. The molecule has 35 heavy (non-hydrogen) atoms. The van der Waals surface area contributed by atoms with Crippen molar-refractivity contribution in [2.45, 2.75) is 44.5 Å². The van der Waals surface area contributed by atoms with Crippen molar-refractivity contribution >= 4 is 23.4 Å². The molecule has 2 aromatic heterocycles. The molecule has 0 spiro atoms. The molecular formula is C26H30N6O2S. The van der Waals surface area contributed by atoms with Gasteiger partial charge in [0, 0.05) is 19.2 Å². The van der Waals surface area contributed by atoms with Crippen LogP contribution < -0.4 is 10.1 Å². The van der Waals surface area contributed by atoms with Crippen molar-refractivity contribution in [1.82, 2.24) is 24.5 Å². The van der Waals surface area contributed by atoms with Gasteiger partial charge in [-0.2, -0.15) is 5.10 Å². The Labute approximate surface area is 209 Å². The molecule has 0 aliphatic rings. The fraction of sp³-hybridized carbons (Fsp3) is 0.308. The van der Waals surface area contributed by atoms with Crippen molar-refractivity contribution < 1.29 is 9.53 Å². The van der Waals surface area contributed by atoms with Crippen molar-refractivity contribution in [2.24, 2.45) is 7.05 Å². The standard InChI is InChI=1S/C26H30N6O2S/c1-6-34-22-14-12-21(13-15-22)32-23(16-20-10-8-7-9-11-20)28-29-26(32)35-19(4)25(33)27-24-17(2)30-31(5)18(24)3/h7-15,19H,6,16H2,1-5H3,(H,27,33)/t19-/m1/s1. The highest BCUT2D eigenvalue weighted by atomic mass is 32.2. The molecule has 4 aromatic rings. The smallest absolute Gasteiger partial charge is 0.237 e. The van der Waals surface area contributed by atoms with Gasteiger partial charge >= 0.3 is 0 Å². The molecule has 1 atom stereocenters. The zero-order chi connectivity index (χ0) is 24.9. The van der Waals surface area contributed by atoms with Crippen molar-refractivity contribution in [3.8, 4) is 11.4 Å². The van der Waals surface area contributed by atoms with Crippen molar-refractivity contribution in [3.05, 3.63) is 77.4 Å². The number of carbonyl (C=O) groups is 1. The van der Waals surface area contributed by atoms with E-state index < -0.39 is 5.25 Å². The Morgan fingerprint density at radius 3 is 2.43 bits per heavy atom. The number of carbonyl (C=O) groups excluding carboxylic acids is 1. The van der Waals surface area contributed by atoms with Crippen LogP contribution in [-0.2, 0) is 18.3 Å². The monoisotopic (exact) mass is 490 g/mol. The zero-order valence-corrected chi connectivity index (χ0v) is 21.5. The van der Waals surface area contributed by atoms with E-state index in [1.165, 1.54) is 11.8 Å². The normalized spacial score (nSPS) is 11.9. The van der Waals surface area contributed by atoms with Crippen LogP contribution in [0.3, 0.4) is 0 Å². The van der Waals surface area contributed by atoms with Gasteiger partial charge in [-0.3, -0.25) is 14.0 Å². The van der Waals surface area contributed by atoms with E-state index in [0.717, 1.165) is 39.9 Å². The number of aryl methyl sites for hydroxylation is 2. The van der Waals surface area contributed by atoms with E-state index in [9.17, 15) is 4.79 Å². The molecule has 4 rings (SSSR count). The summed E-state index contributed by atoms with van der Waals surface area (Å²) >= 11 is 1.38. The number of hydrogen-bond acceptors (Lipinski definition) is 6. The van der Waals surface area contributed by atoms with Crippen LogP contribution >= 0.6 is 11.8 Å². The summed E-state index contributed by atoms with van der Waals surface area (Å²) in [5.74, 6) is 1.49. The van der Waals surface area contributed by atoms with E-state index in [2.05, 4.69) is 32.7 Å². The maximum atomic E-state index is 13.0. The molecule has 0 aliphatic carbocycles. The highest BCUT2D eigenvalue weighted by Crippen LogP contribution is 2.29. The maximum Gasteiger partial charge on any atom is 0.237 e. The Bertz CT molecular complexity index is 1300. The second-order valence-corrected chi connectivity index (χ2v) is 9.55. The van der Waals surface area contributed by atoms with Gasteiger partial charge in [-0.1, -0.05) is 42.1 Å². The third-order valence-corrected chi connectivity index (χ3v) is 6.76. The molecule has 0 saturated carbocycles. The van der Waals surface area contributed by atoms with E-state index >= 15 is 0 Å². The summed E-state index contributed by atoms with van der Waals surface area (Å²) < 4.78 is 9.38. The fourth-order valence-corrected chi connectivity index (χ4v) is 4.66. The Hall–Kier alpha value is -3.59. The highest BCUT2D eigenvalue weighted by molar-refractivity contribution is 8.00. The predicted octanol–water partition coefficient (Wildman–Crippen LogP) is 4.73. The average molecular weight is 491 g/mol. The summed E-state index contributed by atoms with van der Waals surface area (Å²) in [5.41, 5.74) is 4.51. The van der Waals surface area contributed by atoms with Crippen LogP contribution in [0.5, 0.6) is 5.75 Å². The van der Waals surface area contributed by atoms with Gasteiger partial charge in [-0.15, -0.1) is 10.2 Å². The Balaban J connectivity index is 1.61. The minimum atomic E-state index is -0.399. The number of amides is 1. The van der Waals surface area contributed by atoms with Crippen molar-refractivity contribution in [1.29, 1.82) is 0 Å². The van der Waals surface area contributed by atoms with Gasteiger partial charge in [0.25, 0.3) is 0 Å². The number of thioether (sulfide) groups is 1. The number of anilines is 1. The topological polar surface area (TPSA) is 86.9 Å². The molecule has 0 unspecified atom stereocenters. The summed E-state index contributed by atoms with van der Waals surface area (Å²) in [6.45, 7) is 8.26. The van der Waals surface area contributed by atoms with Crippen LogP contribution in [0.15, 0.2) is 59.8 Å². The molecule has 0 radical (unpaired) electrons. The first-order valence-electron chi connectivity index (χ1n) is 11.6. The van der Waals surface area contributed by atoms with Crippen LogP contribution in [0, 0.1) is 13.8 Å². The second-order valence-electron chi connectivity index (χ2n) is 8.24.